The van der Waals surface area contributed by atoms with Crippen molar-refractivity contribution in [2.45, 2.75) is 53.5 Å². The predicted molar refractivity (Wildman–Crippen MR) is 66.6 cm³/mol. The molecule has 2 heteroatoms. The van der Waals surface area contributed by atoms with Crippen molar-refractivity contribution in [2.75, 3.05) is 6.61 Å². The van der Waals surface area contributed by atoms with E-state index in [0.29, 0.717) is 30.3 Å². The standard InChI is InChI=1S/C13H29NO/c1-6-13(11(4)12(5)14)10(3)7-9(2)8-15/h9-13,15H,6-8,14H2,1-5H3/t9-,10?,11?,12?,13?/m0/s1. The van der Waals surface area contributed by atoms with Gasteiger partial charge >= 0.3 is 0 Å². The fourth-order valence-electron chi connectivity index (χ4n) is 2.57. The summed E-state index contributed by atoms with van der Waals surface area (Å²) in [6, 6.07) is 0.266. The highest BCUT2D eigenvalue weighted by Gasteiger charge is 2.25. The Morgan fingerprint density at radius 3 is 2.00 bits per heavy atom. The highest BCUT2D eigenvalue weighted by atomic mass is 16.3. The lowest BCUT2D eigenvalue weighted by molar-refractivity contribution is 0.161. The molecule has 0 fully saturated rings. The van der Waals surface area contributed by atoms with Gasteiger partial charge in [-0.2, -0.15) is 0 Å². The van der Waals surface area contributed by atoms with Gasteiger partial charge in [0.05, 0.1) is 0 Å². The van der Waals surface area contributed by atoms with Crippen LogP contribution in [0.5, 0.6) is 0 Å². The summed E-state index contributed by atoms with van der Waals surface area (Å²) in [4.78, 5) is 0. The number of rotatable bonds is 7. The summed E-state index contributed by atoms with van der Waals surface area (Å²) in [6.45, 7) is 11.3. The average Bonchev–Trinajstić information content (AvgIpc) is 2.18. The zero-order chi connectivity index (χ0) is 12.0. The minimum atomic E-state index is 0.266. The van der Waals surface area contributed by atoms with E-state index in [1.807, 2.05) is 0 Å². The third-order valence-corrected chi connectivity index (χ3v) is 3.79. The smallest absolute Gasteiger partial charge is 0.0456 e. The first-order valence-corrected chi connectivity index (χ1v) is 6.30. The zero-order valence-corrected chi connectivity index (χ0v) is 11.0. The van der Waals surface area contributed by atoms with Crippen molar-refractivity contribution < 1.29 is 5.11 Å². The quantitative estimate of drug-likeness (QED) is 0.686. The monoisotopic (exact) mass is 215 g/mol. The van der Waals surface area contributed by atoms with Crippen LogP contribution < -0.4 is 5.73 Å². The van der Waals surface area contributed by atoms with Crippen LogP contribution in [0.25, 0.3) is 0 Å². The summed E-state index contributed by atoms with van der Waals surface area (Å²) < 4.78 is 0. The van der Waals surface area contributed by atoms with Gasteiger partial charge in [0.1, 0.15) is 0 Å². The molecule has 0 aliphatic carbocycles. The Kier molecular flexibility index (Phi) is 7.20. The van der Waals surface area contributed by atoms with E-state index in [2.05, 4.69) is 34.6 Å². The molecule has 5 atom stereocenters. The summed E-state index contributed by atoms with van der Waals surface area (Å²) in [5.41, 5.74) is 5.96. The summed E-state index contributed by atoms with van der Waals surface area (Å²) in [6.07, 6.45) is 2.29. The van der Waals surface area contributed by atoms with Gasteiger partial charge in [-0.05, 0) is 37.0 Å². The van der Waals surface area contributed by atoms with Gasteiger partial charge < -0.3 is 10.8 Å². The maximum atomic E-state index is 9.06. The molecule has 92 valence electrons. The Balaban J connectivity index is 4.26. The number of nitrogens with two attached hydrogens (primary N) is 1. The van der Waals surface area contributed by atoms with Crippen LogP contribution in [0.4, 0.5) is 0 Å². The van der Waals surface area contributed by atoms with Crippen LogP contribution in [0.2, 0.25) is 0 Å². The molecule has 2 nitrogen and oxygen atoms in total. The summed E-state index contributed by atoms with van der Waals surface area (Å²) in [5, 5.41) is 9.06. The number of hydrogen-bond acceptors (Lipinski definition) is 2. The van der Waals surface area contributed by atoms with Crippen molar-refractivity contribution in [3.63, 3.8) is 0 Å². The van der Waals surface area contributed by atoms with Gasteiger partial charge in [-0.25, -0.2) is 0 Å². The van der Waals surface area contributed by atoms with E-state index >= 15 is 0 Å². The highest BCUT2D eigenvalue weighted by Crippen LogP contribution is 2.30. The first kappa shape index (κ1) is 14.9. The van der Waals surface area contributed by atoms with E-state index in [0.717, 1.165) is 6.42 Å². The molecule has 0 bridgehead atoms. The molecule has 3 N–H and O–H groups in total. The van der Waals surface area contributed by atoms with Crippen molar-refractivity contribution in [3.8, 4) is 0 Å². The molecule has 0 saturated carbocycles. The topological polar surface area (TPSA) is 46.2 Å². The molecule has 4 unspecified atom stereocenters. The molecular formula is C13H29NO. The Morgan fingerprint density at radius 2 is 1.67 bits per heavy atom. The van der Waals surface area contributed by atoms with Crippen molar-refractivity contribution >= 4 is 0 Å². The molecule has 0 aromatic rings. The Hall–Kier alpha value is -0.0800. The molecule has 15 heavy (non-hydrogen) atoms. The molecule has 0 saturated heterocycles. The van der Waals surface area contributed by atoms with Crippen LogP contribution in [0, 0.1) is 23.7 Å². The van der Waals surface area contributed by atoms with Crippen LogP contribution in [-0.2, 0) is 0 Å². The maximum Gasteiger partial charge on any atom is 0.0456 e. The predicted octanol–water partition coefficient (Wildman–Crippen LogP) is 2.65. The third kappa shape index (κ3) is 4.98. The van der Waals surface area contributed by atoms with E-state index in [-0.39, 0.29) is 6.04 Å². The van der Waals surface area contributed by atoms with Gasteiger partial charge in [0, 0.05) is 12.6 Å². The second-order valence-electron chi connectivity index (χ2n) is 5.29. The van der Waals surface area contributed by atoms with E-state index in [1.54, 1.807) is 0 Å². The number of aliphatic hydroxyl groups excluding tert-OH is 1. The zero-order valence-electron chi connectivity index (χ0n) is 11.0. The lowest BCUT2D eigenvalue weighted by atomic mass is 9.75. The molecule has 0 rings (SSSR count). The van der Waals surface area contributed by atoms with E-state index in [9.17, 15) is 0 Å². The molecule has 0 heterocycles. The van der Waals surface area contributed by atoms with Crippen molar-refractivity contribution in [2.24, 2.45) is 29.4 Å². The van der Waals surface area contributed by atoms with Gasteiger partial charge in [0.25, 0.3) is 0 Å². The molecule has 0 aromatic heterocycles. The first-order chi connectivity index (χ1) is 6.93. The van der Waals surface area contributed by atoms with Gasteiger partial charge in [0.2, 0.25) is 0 Å². The minimum absolute atomic E-state index is 0.266. The first-order valence-electron chi connectivity index (χ1n) is 6.30. The van der Waals surface area contributed by atoms with E-state index < -0.39 is 0 Å². The van der Waals surface area contributed by atoms with Crippen LogP contribution >= 0.6 is 0 Å². The lowest BCUT2D eigenvalue weighted by Gasteiger charge is -2.32. The molecule has 0 radical (unpaired) electrons. The van der Waals surface area contributed by atoms with Crippen molar-refractivity contribution in [1.29, 1.82) is 0 Å². The average molecular weight is 215 g/mol. The maximum absolute atomic E-state index is 9.06. The highest BCUT2D eigenvalue weighted by molar-refractivity contribution is 4.77. The van der Waals surface area contributed by atoms with E-state index in [4.69, 9.17) is 10.8 Å². The summed E-state index contributed by atoms with van der Waals surface area (Å²) in [7, 11) is 0. The third-order valence-electron chi connectivity index (χ3n) is 3.79. The van der Waals surface area contributed by atoms with Gasteiger partial charge in [0.15, 0.2) is 0 Å². The summed E-state index contributed by atoms with van der Waals surface area (Å²) in [5.74, 6) is 2.31. The number of aliphatic hydroxyl groups is 1. The van der Waals surface area contributed by atoms with Crippen LogP contribution in [0.1, 0.15) is 47.5 Å². The van der Waals surface area contributed by atoms with Crippen molar-refractivity contribution in [1.82, 2.24) is 0 Å². The molecule has 0 aromatic carbocycles. The van der Waals surface area contributed by atoms with Gasteiger partial charge in [-0.15, -0.1) is 0 Å². The van der Waals surface area contributed by atoms with Gasteiger partial charge in [-0.1, -0.05) is 34.1 Å². The Labute approximate surface area is 95.3 Å². The molecule has 0 spiro atoms. The SMILES string of the molecule is CCC(C(C)C[C@H](C)CO)C(C)C(C)N. The fourth-order valence-corrected chi connectivity index (χ4v) is 2.57. The fraction of sp³-hybridized carbons (Fsp3) is 1.00. The molecule has 0 aliphatic heterocycles. The van der Waals surface area contributed by atoms with E-state index in [1.165, 1.54) is 6.42 Å². The Morgan fingerprint density at radius 1 is 1.13 bits per heavy atom. The van der Waals surface area contributed by atoms with Crippen molar-refractivity contribution in [3.05, 3.63) is 0 Å². The van der Waals surface area contributed by atoms with Crippen LogP contribution in [0.15, 0.2) is 0 Å². The summed E-state index contributed by atoms with van der Waals surface area (Å²) >= 11 is 0. The van der Waals surface area contributed by atoms with Crippen LogP contribution in [0.3, 0.4) is 0 Å². The largest absolute Gasteiger partial charge is 0.396 e. The number of hydrogen-bond donors (Lipinski definition) is 2. The van der Waals surface area contributed by atoms with Crippen LogP contribution in [-0.4, -0.2) is 17.8 Å². The normalized spacial score (nSPS) is 21.8. The second kappa shape index (κ2) is 7.24. The second-order valence-corrected chi connectivity index (χ2v) is 5.29. The Bertz CT molecular complexity index is 159. The van der Waals surface area contributed by atoms with Gasteiger partial charge in [-0.3, -0.25) is 0 Å². The molecule has 0 aliphatic rings. The minimum Gasteiger partial charge on any atom is -0.396 e. The molecule has 0 amide bonds. The molecular weight excluding hydrogens is 186 g/mol. The lowest BCUT2D eigenvalue weighted by Crippen LogP contribution is -2.33.